The molecule has 1 saturated heterocycles. The molecule has 1 aliphatic heterocycles. The number of carbonyl (C=O) groups is 1. The van der Waals surface area contributed by atoms with Crippen LogP contribution in [0.5, 0.6) is 0 Å². The lowest BCUT2D eigenvalue weighted by Gasteiger charge is -2.26. The van der Waals surface area contributed by atoms with Crippen LogP contribution >= 0.6 is 0 Å². The highest BCUT2D eigenvalue weighted by atomic mass is 32.2. The topological polar surface area (TPSA) is 78.5 Å². The minimum Gasteiger partial charge on any atom is -0.334 e. The van der Waals surface area contributed by atoms with Crippen molar-refractivity contribution >= 4 is 21.7 Å². The molecule has 3 rings (SSSR count). The summed E-state index contributed by atoms with van der Waals surface area (Å²) < 4.78 is 27.5. The summed E-state index contributed by atoms with van der Waals surface area (Å²) in [7, 11) is -3.54. The molecule has 2 aromatic rings. The number of sulfonamides is 1. The highest BCUT2D eigenvalue weighted by Crippen LogP contribution is 2.23. The molecular weight excluding hydrogens is 362 g/mol. The Kier molecular flexibility index (Phi) is 6.13. The van der Waals surface area contributed by atoms with Gasteiger partial charge >= 0.3 is 6.03 Å². The van der Waals surface area contributed by atoms with Gasteiger partial charge in [-0.2, -0.15) is 4.31 Å². The van der Waals surface area contributed by atoms with Crippen LogP contribution < -0.4 is 10.6 Å². The van der Waals surface area contributed by atoms with E-state index < -0.39 is 10.0 Å². The van der Waals surface area contributed by atoms with E-state index >= 15 is 0 Å². The van der Waals surface area contributed by atoms with Crippen LogP contribution in [0.25, 0.3) is 0 Å². The van der Waals surface area contributed by atoms with Gasteiger partial charge in [0.25, 0.3) is 0 Å². The molecular formula is C20H25N3O3S. The number of piperidine rings is 1. The number of nitrogens with zero attached hydrogens (tertiary/aromatic N) is 1. The van der Waals surface area contributed by atoms with Gasteiger partial charge in [-0.15, -0.1) is 0 Å². The molecule has 7 heteroatoms. The number of aryl methyl sites for hydroxylation is 1. The summed E-state index contributed by atoms with van der Waals surface area (Å²) in [5, 5.41) is 5.51. The van der Waals surface area contributed by atoms with E-state index in [0.717, 1.165) is 24.8 Å². The van der Waals surface area contributed by atoms with Crippen molar-refractivity contribution in [1.82, 2.24) is 9.62 Å². The molecule has 2 amide bonds. The third kappa shape index (κ3) is 4.87. The van der Waals surface area contributed by atoms with Gasteiger partial charge in [0.15, 0.2) is 0 Å². The monoisotopic (exact) mass is 387 g/mol. The van der Waals surface area contributed by atoms with Crippen molar-refractivity contribution < 1.29 is 13.2 Å². The lowest BCUT2D eigenvalue weighted by molar-refractivity contribution is 0.251. The van der Waals surface area contributed by atoms with Gasteiger partial charge in [-0.05, 0) is 49.1 Å². The summed E-state index contributed by atoms with van der Waals surface area (Å²) in [6, 6.07) is 14.0. The Morgan fingerprint density at radius 2 is 1.78 bits per heavy atom. The smallest absolute Gasteiger partial charge is 0.319 e. The molecule has 6 nitrogen and oxygen atoms in total. The van der Waals surface area contributed by atoms with Gasteiger partial charge in [0.1, 0.15) is 0 Å². The third-order valence-electron chi connectivity index (χ3n) is 4.62. The number of nitrogens with one attached hydrogen (secondary N) is 2. The van der Waals surface area contributed by atoms with Crippen LogP contribution in [0.4, 0.5) is 10.5 Å². The van der Waals surface area contributed by atoms with Gasteiger partial charge in [-0.25, -0.2) is 13.2 Å². The Morgan fingerprint density at radius 1 is 1.04 bits per heavy atom. The molecule has 2 aromatic carbocycles. The molecule has 0 unspecified atom stereocenters. The number of hydrogen-bond acceptors (Lipinski definition) is 3. The second-order valence-corrected chi connectivity index (χ2v) is 8.66. The lowest BCUT2D eigenvalue weighted by Crippen LogP contribution is -2.36. The minimum absolute atomic E-state index is 0.140. The minimum atomic E-state index is -3.54. The maximum Gasteiger partial charge on any atom is 0.319 e. The van der Waals surface area contributed by atoms with Crippen LogP contribution in [0.2, 0.25) is 0 Å². The quantitative estimate of drug-likeness (QED) is 0.824. The molecule has 0 aromatic heterocycles. The fraction of sp³-hybridized carbons (Fsp3) is 0.350. The molecule has 1 heterocycles. The van der Waals surface area contributed by atoms with Crippen LogP contribution in [0, 0.1) is 6.92 Å². The summed E-state index contributed by atoms with van der Waals surface area (Å²) in [5.41, 5.74) is 2.33. The van der Waals surface area contributed by atoms with Crippen molar-refractivity contribution in [2.45, 2.75) is 37.6 Å². The zero-order valence-electron chi connectivity index (χ0n) is 15.4. The Morgan fingerprint density at radius 3 is 2.52 bits per heavy atom. The fourth-order valence-electron chi connectivity index (χ4n) is 3.22. The number of benzene rings is 2. The first kappa shape index (κ1) is 19.4. The van der Waals surface area contributed by atoms with Crippen LogP contribution in [-0.4, -0.2) is 31.8 Å². The maximum absolute atomic E-state index is 13.0. The van der Waals surface area contributed by atoms with Gasteiger partial charge in [-0.1, -0.05) is 36.8 Å². The van der Waals surface area contributed by atoms with Gasteiger partial charge < -0.3 is 10.6 Å². The second-order valence-electron chi connectivity index (χ2n) is 6.75. The second kappa shape index (κ2) is 8.54. The van der Waals surface area contributed by atoms with Crippen LogP contribution in [0.3, 0.4) is 0 Å². The Labute approximate surface area is 160 Å². The Bertz CT molecular complexity index is 906. The average molecular weight is 388 g/mol. The van der Waals surface area contributed by atoms with Crippen LogP contribution in [0.15, 0.2) is 53.4 Å². The third-order valence-corrected chi connectivity index (χ3v) is 6.62. The van der Waals surface area contributed by atoms with E-state index in [0.29, 0.717) is 24.3 Å². The molecule has 2 N–H and O–H groups in total. The first-order chi connectivity index (χ1) is 13.0. The number of rotatable bonds is 5. The van der Waals surface area contributed by atoms with E-state index in [4.69, 9.17) is 0 Å². The summed E-state index contributed by atoms with van der Waals surface area (Å²) in [6.07, 6.45) is 2.84. The number of carbonyl (C=O) groups excluding carboxylic acids is 1. The molecule has 1 aliphatic rings. The fourth-order valence-corrected chi connectivity index (χ4v) is 4.96. The predicted molar refractivity (Wildman–Crippen MR) is 106 cm³/mol. The summed E-state index contributed by atoms with van der Waals surface area (Å²) in [4.78, 5) is 12.4. The van der Waals surface area contributed by atoms with Crippen molar-refractivity contribution in [3.8, 4) is 0 Å². The van der Waals surface area contributed by atoms with E-state index in [1.54, 1.807) is 34.6 Å². The molecule has 1 fully saturated rings. The number of amides is 2. The van der Waals surface area contributed by atoms with E-state index in [9.17, 15) is 13.2 Å². The summed E-state index contributed by atoms with van der Waals surface area (Å²) in [6.45, 7) is 3.20. The molecule has 0 aliphatic carbocycles. The molecule has 0 spiro atoms. The molecule has 0 saturated carbocycles. The number of hydrogen-bond donors (Lipinski definition) is 2. The van der Waals surface area contributed by atoms with E-state index in [-0.39, 0.29) is 17.5 Å². The van der Waals surface area contributed by atoms with Gasteiger partial charge in [0.05, 0.1) is 4.90 Å². The van der Waals surface area contributed by atoms with Gasteiger partial charge in [0, 0.05) is 25.3 Å². The van der Waals surface area contributed by atoms with E-state index in [2.05, 4.69) is 10.6 Å². The SMILES string of the molecule is Cc1cccc(NC(=O)NCc2ccccc2S(=O)(=O)N2CCCCC2)c1. The normalized spacial score (nSPS) is 15.3. The average Bonchev–Trinajstić information content (AvgIpc) is 2.67. The zero-order chi connectivity index (χ0) is 19.3. The highest BCUT2D eigenvalue weighted by Gasteiger charge is 2.27. The van der Waals surface area contributed by atoms with E-state index in [1.165, 1.54) is 0 Å². The summed E-state index contributed by atoms with van der Waals surface area (Å²) >= 11 is 0. The standard InChI is InChI=1S/C20H25N3O3S/c1-16-8-7-10-18(14-16)22-20(24)21-15-17-9-3-4-11-19(17)27(25,26)23-12-5-2-6-13-23/h3-4,7-11,14H,2,5-6,12-13,15H2,1H3,(H2,21,22,24). The summed E-state index contributed by atoms with van der Waals surface area (Å²) in [5.74, 6) is 0. The van der Waals surface area contributed by atoms with Crippen molar-refractivity contribution in [3.63, 3.8) is 0 Å². The van der Waals surface area contributed by atoms with Gasteiger partial charge in [0.2, 0.25) is 10.0 Å². The lowest BCUT2D eigenvalue weighted by atomic mass is 10.2. The van der Waals surface area contributed by atoms with Gasteiger partial charge in [-0.3, -0.25) is 0 Å². The van der Waals surface area contributed by atoms with Crippen LogP contribution in [0.1, 0.15) is 30.4 Å². The van der Waals surface area contributed by atoms with Crippen molar-refractivity contribution in [2.24, 2.45) is 0 Å². The largest absolute Gasteiger partial charge is 0.334 e. The highest BCUT2D eigenvalue weighted by molar-refractivity contribution is 7.89. The van der Waals surface area contributed by atoms with Crippen molar-refractivity contribution in [3.05, 3.63) is 59.7 Å². The molecule has 144 valence electrons. The molecule has 0 radical (unpaired) electrons. The Hall–Kier alpha value is -2.38. The number of anilines is 1. The van der Waals surface area contributed by atoms with Crippen molar-refractivity contribution in [2.75, 3.05) is 18.4 Å². The Balaban J connectivity index is 1.69. The first-order valence-electron chi connectivity index (χ1n) is 9.16. The number of urea groups is 1. The molecule has 0 bridgehead atoms. The molecule has 0 atom stereocenters. The van der Waals surface area contributed by atoms with Crippen molar-refractivity contribution in [1.29, 1.82) is 0 Å². The zero-order valence-corrected chi connectivity index (χ0v) is 16.3. The predicted octanol–water partition coefficient (Wildman–Crippen LogP) is 3.49. The molecule has 27 heavy (non-hydrogen) atoms. The van der Waals surface area contributed by atoms with E-state index in [1.807, 2.05) is 25.1 Å². The first-order valence-corrected chi connectivity index (χ1v) is 10.6. The van der Waals surface area contributed by atoms with Crippen LogP contribution in [-0.2, 0) is 16.6 Å². The maximum atomic E-state index is 13.0.